The quantitative estimate of drug-likeness (QED) is 0.832. The molecule has 78 valence electrons. The third-order valence-corrected chi connectivity index (χ3v) is 2.43. The van der Waals surface area contributed by atoms with Crippen molar-refractivity contribution in [3.63, 3.8) is 0 Å². The van der Waals surface area contributed by atoms with Gasteiger partial charge in [0, 0.05) is 0 Å². The summed E-state index contributed by atoms with van der Waals surface area (Å²) in [7, 11) is 0. The van der Waals surface area contributed by atoms with Crippen molar-refractivity contribution in [1.29, 1.82) is 0 Å². The van der Waals surface area contributed by atoms with E-state index in [0.717, 1.165) is 24.0 Å². The van der Waals surface area contributed by atoms with Gasteiger partial charge in [0.15, 0.2) is 0 Å². The van der Waals surface area contributed by atoms with Crippen LogP contribution in [0.5, 0.6) is 0 Å². The van der Waals surface area contributed by atoms with Crippen LogP contribution in [0, 0.1) is 0 Å². The predicted molar refractivity (Wildman–Crippen MR) is 60.3 cm³/mol. The minimum Gasteiger partial charge on any atom is -0.367 e. The molecule has 0 saturated carbocycles. The first-order valence-corrected chi connectivity index (χ1v) is 5.11. The zero-order chi connectivity index (χ0) is 10.7. The van der Waals surface area contributed by atoms with Crippen LogP contribution in [-0.2, 0) is 6.42 Å². The maximum Gasteiger partial charge on any atom is 0.229 e. The summed E-state index contributed by atoms with van der Waals surface area (Å²) in [6, 6.07) is 8.21. The Labute approximate surface area is 88.9 Å². The second kappa shape index (κ2) is 4.17. The van der Waals surface area contributed by atoms with Gasteiger partial charge in [0.05, 0.1) is 11.8 Å². The molecule has 0 bridgehead atoms. The summed E-state index contributed by atoms with van der Waals surface area (Å²) >= 11 is 0. The number of rotatable bonds is 3. The van der Waals surface area contributed by atoms with Gasteiger partial charge in [0.25, 0.3) is 0 Å². The molecule has 0 spiro atoms. The van der Waals surface area contributed by atoms with Gasteiger partial charge in [0.1, 0.15) is 0 Å². The molecule has 1 aromatic carbocycles. The Balaban J connectivity index is 2.48. The van der Waals surface area contributed by atoms with Crippen molar-refractivity contribution < 1.29 is 4.52 Å². The number of nitrogens with two attached hydrogens (primary N) is 1. The van der Waals surface area contributed by atoms with Gasteiger partial charge >= 0.3 is 0 Å². The molecule has 0 saturated heterocycles. The molecule has 0 fully saturated rings. The lowest BCUT2D eigenvalue weighted by Crippen LogP contribution is -1.91. The number of benzene rings is 1. The molecule has 3 heteroatoms. The summed E-state index contributed by atoms with van der Waals surface area (Å²) < 4.78 is 4.88. The summed E-state index contributed by atoms with van der Waals surface area (Å²) in [5, 5.41) is 3.70. The average molecular weight is 202 g/mol. The lowest BCUT2D eigenvalue weighted by molar-refractivity contribution is 0.436. The van der Waals surface area contributed by atoms with Crippen molar-refractivity contribution in [2.75, 3.05) is 5.73 Å². The first kappa shape index (κ1) is 9.77. The Kier molecular flexibility index (Phi) is 2.72. The van der Waals surface area contributed by atoms with Gasteiger partial charge in [-0.2, -0.15) is 0 Å². The SMILES string of the molecule is CCCc1ccccc1-c1cnoc1N. The molecule has 1 aromatic heterocycles. The monoisotopic (exact) mass is 202 g/mol. The molecule has 2 N–H and O–H groups in total. The fourth-order valence-electron chi connectivity index (χ4n) is 1.72. The van der Waals surface area contributed by atoms with Gasteiger partial charge < -0.3 is 10.3 Å². The van der Waals surface area contributed by atoms with Crippen LogP contribution < -0.4 is 5.73 Å². The summed E-state index contributed by atoms with van der Waals surface area (Å²) in [6.45, 7) is 2.16. The smallest absolute Gasteiger partial charge is 0.229 e. The van der Waals surface area contributed by atoms with Gasteiger partial charge in [0.2, 0.25) is 5.88 Å². The van der Waals surface area contributed by atoms with Gasteiger partial charge in [-0.05, 0) is 17.5 Å². The van der Waals surface area contributed by atoms with Crippen molar-refractivity contribution in [2.45, 2.75) is 19.8 Å². The van der Waals surface area contributed by atoms with E-state index in [2.05, 4.69) is 18.1 Å². The van der Waals surface area contributed by atoms with Crippen molar-refractivity contribution in [3.05, 3.63) is 36.0 Å². The van der Waals surface area contributed by atoms with E-state index < -0.39 is 0 Å². The summed E-state index contributed by atoms with van der Waals surface area (Å²) in [5.41, 5.74) is 9.01. The third-order valence-electron chi connectivity index (χ3n) is 2.43. The van der Waals surface area contributed by atoms with E-state index in [0.29, 0.717) is 5.88 Å². The first-order valence-electron chi connectivity index (χ1n) is 5.11. The van der Waals surface area contributed by atoms with Gasteiger partial charge in [-0.15, -0.1) is 0 Å². The van der Waals surface area contributed by atoms with E-state index >= 15 is 0 Å². The number of hydrogen-bond donors (Lipinski definition) is 1. The van der Waals surface area contributed by atoms with E-state index in [9.17, 15) is 0 Å². The van der Waals surface area contributed by atoms with Gasteiger partial charge in [-0.3, -0.25) is 0 Å². The summed E-state index contributed by atoms with van der Waals surface area (Å²) in [4.78, 5) is 0. The van der Waals surface area contributed by atoms with Crippen LogP contribution in [0.4, 0.5) is 5.88 Å². The molecular formula is C12H14N2O. The van der Waals surface area contributed by atoms with E-state index in [1.165, 1.54) is 5.56 Å². The largest absolute Gasteiger partial charge is 0.367 e. The number of nitrogens with zero attached hydrogens (tertiary/aromatic N) is 1. The Morgan fingerprint density at radius 2 is 2.07 bits per heavy atom. The fourth-order valence-corrected chi connectivity index (χ4v) is 1.72. The zero-order valence-electron chi connectivity index (χ0n) is 8.73. The molecule has 0 atom stereocenters. The molecule has 0 radical (unpaired) electrons. The maximum atomic E-state index is 5.71. The Bertz CT molecular complexity index is 448. The average Bonchev–Trinajstić information content (AvgIpc) is 2.66. The molecule has 1 heterocycles. The summed E-state index contributed by atoms with van der Waals surface area (Å²) in [5.74, 6) is 0.388. The molecule has 15 heavy (non-hydrogen) atoms. The minimum absolute atomic E-state index is 0.388. The van der Waals surface area contributed by atoms with E-state index in [-0.39, 0.29) is 0 Å². The predicted octanol–water partition coefficient (Wildman–Crippen LogP) is 2.88. The van der Waals surface area contributed by atoms with E-state index in [1.54, 1.807) is 6.20 Å². The van der Waals surface area contributed by atoms with Crippen molar-refractivity contribution in [1.82, 2.24) is 5.16 Å². The van der Waals surface area contributed by atoms with Gasteiger partial charge in [-0.1, -0.05) is 42.8 Å². The van der Waals surface area contributed by atoms with Crippen molar-refractivity contribution in [2.24, 2.45) is 0 Å². The van der Waals surface area contributed by atoms with Crippen LogP contribution in [0.3, 0.4) is 0 Å². The molecular weight excluding hydrogens is 188 g/mol. The van der Waals surface area contributed by atoms with Crippen LogP contribution in [0.2, 0.25) is 0 Å². The van der Waals surface area contributed by atoms with Crippen LogP contribution in [0.25, 0.3) is 11.1 Å². The minimum atomic E-state index is 0.388. The molecule has 2 aromatic rings. The standard InChI is InChI=1S/C12H14N2O/c1-2-5-9-6-3-4-7-10(9)11-8-14-15-12(11)13/h3-4,6-8H,2,5,13H2,1H3. The lowest BCUT2D eigenvalue weighted by Gasteiger charge is -2.06. The topological polar surface area (TPSA) is 52.0 Å². The second-order valence-electron chi connectivity index (χ2n) is 3.51. The highest BCUT2D eigenvalue weighted by molar-refractivity contribution is 5.74. The molecule has 0 unspecified atom stereocenters. The number of anilines is 1. The Morgan fingerprint density at radius 3 is 2.73 bits per heavy atom. The second-order valence-corrected chi connectivity index (χ2v) is 3.51. The third kappa shape index (κ3) is 1.86. The normalized spacial score (nSPS) is 10.5. The highest BCUT2D eigenvalue weighted by atomic mass is 16.5. The Morgan fingerprint density at radius 1 is 1.27 bits per heavy atom. The molecule has 0 amide bonds. The van der Waals surface area contributed by atoms with Crippen molar-refractivity contribution in [3.8, 4) is 11.1 Å². The highest BCUT2D eigenvalue weighted by Crippen LogP contribution is 2.29. The van der Waals surface area contributed by atoms with Crippen LogP contribution >= 0.6 is 0 Å². The Hall–Kier alpha value is -1.77. The molecule has 2 rings (SSSR count). The first-order chi connectivity index (χ1) is 7.33. The number of aromatic nitrogens is 1. The van der Waals surface area contributed by atoms with Crippen molar-refractivity contribution >= 4 is 5.88 Å². The fraction of sp³-hybridized carbons (Fsp3) is 0.250. The van der Waals surface area contributed by atoms with Crippen LogP contribution in [0.15, 0.2) is 35.0 Å². The lowest BCUT2D eigenvalue weighted by atomic mass is 9.99. The molecule has 0 aliphatic heterocycles. The van der Waals surface area contributed by atoms with Gasteiger partial charge in [-0.25, -0.2) is 0 Å². The van der Waals surface area contributed by atoms with E-state index in [1.807, 2.05) is 18.2 Å². The molecule has 3 nitrogen and oxygen atoms in total. The van der Waals surface area contributed by atoms with Crippen LogP contribution in [-0.4, -0.2) is 5.16 Å². The van der Waals surface area contributed by atoms with E-state index in [4.69, 9.17) is 10.3 Å². The molecule has 0 aliphatic rings. The zero-order valence-corrected chi connectivity index (χ0v) is 8.73. The van der Waals surface area contributed by atoms with Crippen LogP contribution in [0.1, 0.15) is 18.9 Å². The highest BCUT2D eigenvalue weighted by Gasteiger charge is 2.10. The maximum absolute atomic E-state index is 5.71. The number of nitrogen functional groups attached to an aromatic ring is 1. The number of aryl methyl sites for hydroxylation is 1. The number of hydrogen-bond acceptors (Lipinski definition) is 3. The molecule has 0 aliphatic carbocycles. The summed E-state index contributed by atoms with van der Waals surface area (Å²) in [6.07, 6.45) is 3.83.